The van der Waals surface area contributed by atoms with Gasteiger partial charge in [0.15, 0.2) is 0 Å². The van der Waals surface area contributed by atoms with E-state index in [2.05, 4.69) is 10.6 Å². The number of hydrogen-bond acceptors (Lipinski definition) is 2. The van der Waals surface area contributed by atoms with Crippen LogP contribution in [0, 0.1) is 11.6 Å². The Labute approximate surface area is 121 Å². The molecule has 0 unspecified atom stereocenters. The van der Waals surface area contributed by atoms with Crippen molar-refractivity contribution in [1.29, 1.82) is 0 Å². The van der Waals surface area contributed by atoms with Gasteiger partial charge in [0.05, 0.1) is 0 Å². The zero-order valence-corrected chi connectivity index (χ0v) is 11.5. The van der Waals surface area contributed by atoms with Crippen LogP contribution in [0.5, 0.6) is 0 Å². The molecule has 1 aromatic carbocycles. The average Bonchev–Trinajstić information content (AvgIpc) is 2.41. The van der Waals surface area contributed by atoms with Crippen molar-refractivity contribution in [2.24, 2.45) is 0 Å². The summed E-state index contributed by atoms with van der Waals surface area (Å²) in [6.45, 7) is 0.356. The second-order valence-electron chi connectivity index (χ2n) is 4.54. The number of urea groups is 1. The Kier molecular flexibility index (Phi) is 7.14. The molecule has 0 bridgehead atoms. The van der Waals surface area contributed by atoms with E-state index >= 15 is 0 Å². The minimum atomic E-state index is -0.834. The summed E-state index contributed by atoms with van der Waals surface area (Å²) in [5.41, 5.74) is -0.476. The third-order valence-corrected chi connectivity index (χ3v) is 2.80. The molecule has 0 atom stereocenters. The van der Waals surface area contributed by atoms with Crippen LogP contribution >= 0.6 is 0 Å². The first-order valence-corrected chi connectivity index (χ1v) is 6.71. The Bertz CT molecular complexity index is 475. The molecule has 0 saturated heterocycles. The van der Waals surface area contributed by atoms with Gasteiger partial charge in [-0.3, -0.25) is 4.79 Å². The van der Waals surface area contributed by atoms with E-state index in [1.165, 1.54) is 6.07 Å². The molecule has 116 valence electrons. The van der Waals surface area contributed by atoms with Crippen molar-refractivity contribution in [1.82, 2.24) is 5.32 Å². The van der Waals surface area contributed by atoms with Crippen molar-refractivity contribution in [2.45, 2.75) is 32.1 Å². The third kappa shape index (κ3) is 6.69. The summed E-state index contributed by atoms with van der Waals surface area (Å²) < 4.78 is 26.5. The van der Waals surface area contributed by atoms with Crippen LogP contribution in [0.4, 0.5) is 19.3 Å². The number of amides is 2. The van der Waals surface area contributed by atoms with E-state index in [-0.39, 0.29) is 6.42 Å². The lowest BCUT2D eigenvalue weighted by Gasteiger charge is -2.09. The van der Waals surface area contributed by atoms with E-state index in [1.54, 1.807) is 0 Å². The molecule has 21 heavy (non-hydrogen) atoms. The largest absolute Gasteiger partial charge is 0.481 e. The zero-order valence-electron chi connectivity index (χ0n) is 11.5. The smallest absolute Gasteiger partial charge is 0.319 e. The van der Waals surface area contributed by atoms with Gasteiger partial charge >= 0.3 is 12.0 Å². The fourth-order valence-corrected chi connectivity index (χ4v) is 1.73. The first-order valence-electron chi connectivity index (χ1n) is 6.71. The lowest BCUT2D eigenvalue weighted by molar-refractivity contribution is -0.137. The Morgan fingerprint density at radius 3 is 2.29 bits per heavy atom. The molecule has 0 heterocycles. The molecule has 0 saturated carbocycles. The number of nitrogens with one attached hydrogen (secondary N) is 2. The minimum Gasteiger partial charge on any atom is -0.481 e. The number of aliphatic carboxylic acids is 1. The number of halogens is 2. The number of carboxylic acid groups (broad SMARTS) is 1. The zero-order chi connectivity index (χ0) is 15.7. The maximum atomic E-state index is 13.3. The predicted molar refractivity (Wildman–Crippen MR) is 74.1 cm³/mol. The van der Waals surface area contributed by atoms with Gasteiger partial charge in [-0.25, -0.2) is 13.6 Å². The standard InChI is InChI=1S/C14H18F2N2O3/c15-10-6-5-7-11(16)13(10)18-14(21)17-9-4-2-1-3-8-12(19)20/h5-7H,1-4,8-9H2,(H,19,20)(H2,17,18,21). The molecule has 5 nitrogen and oxygen atoms in total. The molecule has 0 fully saturated rings. The van der Waals surface area contributed by atoms with E-state index in [4.69, 9.17) is 5.11 Å². The summed E-state index contributed by atoms with van der Waals surface area (Å²) in [5, 5.41) is 13.1. The monoisotopic (exact) mass is 300 g/mol. The van der Waals surface area contributed by atoms with E-state index in [1.807, 2.05) is 0 Å². The molecule has 0 radical (unpaired) electrons. The number of anilines is 1. The van der Waals surface area contributed by atoms with Crippen LogP contribution in [0.3, 0.4) is 0 Å². The van der Waals surface area contributed by atoms with Crippen LogP contribution in [0.2, 0.25) is 0 Å². The quantitative estimate of drug-likeness (QED) is 0.645. The molecule has 2 amide bonds. The summed E-state index contributed by atoms with van der Waals surface area (Å²) in [7, 11) is 0. The van der Waals surface area contributed by atoms with Gasteiger partial charge in [0, 0.05) is 13.0 Å². The topological polar surface area (TPSA) is 78.4 Å². The van der Waals surface area contributed by atoms with Crippen LogP contribution in [-0.2, 0) is 4.79 Å². The highest BCUT2D eigenvalue weighted by Gasteiger charge is 2.10. The second kappa shape index (κ2) is 8.89. The molecular formula is C14H18F2N2O3. The Morgan fingerprint density at radius 1 is 1.05 bits per heavy atom. The van der Waals surface area contributed by atoms with E-state index in [0.717, 1.165) is 25.0 Å². The van der Waals surface area contributed by atoms with E-state index < -0.39 is 29.3 Å². The van der Waals surface area contributed by atoms with Crippen LogP contribution in [0.1, 0.15) is 32.1 Å². The second-order valence-corrected chi connectivity index (χ2v) is 4.54. The molecule has 7 heteroatoms. The lowest BCUT2D eigenvalue weighted by atomic mass is 10.1. The van der Waals surface area contributed by atoms with Gasteiger partial charge in [0.2, 0.25) is 0 Å². The first-order chi connectivity index (χ1) is 10.0. The van der Waals surface area contributed by atoms with Crippen molar-refractivity contribution in [3.05, 3.63) is 29.8 Å². The van der Waals surface area contributed by atoms with Crippen molar-refractivity contribution in [3.8, 4) is 0 Å². The fourth-order valence-electron chi connectivity index (χ4n) is 1.73. The Morgan fingerprint density at radius 2 is 1.67 bits per heavy atom. The van der Waals surface area contributed by atoms with Gasteiger partial charge in [-0.1, -0.05) is 18.9 Å². The van der Waals surface area contributed by atoms with Gasteiger partial charge in [0.25, 0.3) is 0 Å². The first kappa shape index (κ1) is 16.9. The van der Waals surface area contributed by atoms with E-state index in [9.17, 15) is 18.4 Å². The van der Waals surface area contributed by atoms with Crippen LogP contribution in [0.25, 0.3) is 0 Å². The highest BCUT2D eigenvalue weighted by Crippen LogP contribution is 2.17. The van der Waals surface area contributed by atoms with Gasteiger partial charge in [-0.15, -0.1) is 0 Å². The van der Waals surface area contributed by atoms with E-state index in [0.29, 0.717) is 19.4 Å². The van der Waals surface area contributed by atoms with Crippen molar-refractivity contribution in [2.75, 3.05) is 11.9 Å². The summed E-state index contributed by atoms with van der Waals surface area (Å²) >= 11 is 0. The van der Waals surface area contributed by atoms with Crippen molar-refractivity contribution >= 4 is 17.7 Å². The van der Waals surface area contributed by atoms with Gasteiger partial charge in [0.1, 0.15) is 17.3 Å². The number of carbonyl (C=O) groups excluding carboxylic acids is 1. The predicted octanol–water partition coefficient (Wildman–Crippen LogP) is 3.12. The maximum absolute atomic E-state index is 13.3. The van der Waals surface area contributed by atoms with Gasteiger partial charge < -0.3 is 15.7 Å². The highest BCUT2D eigenvalue weighted by atomic mass is 19.1. The SMILES string of the molecule is O=C(O)CCCCCCNC(=O)Nc1c(F)cccc1F. The Hall–Kier alpha value is -2.18. The molecule has 1 aromatic rings. The van der Waals surface area contributed by atoms with Gasteiger partial charge in [-0.2, -0.15) is 0 Å². The average molecular weight is 300 g/mol. The number of benzene rings is 1. The normalized spacial score (nSPS) is 10.2. The molecule has 0 spiro atoms. The fraction of sp³-hybridized carbons (Fsp3) is 0.429. The van der Waals surface area contributed by atoms with Gasteiger partial charge in [-0.05, 0) is 25.0 Å². The van der Waals surface area contributed by atoms with Crippen LogP contribution in [0.15, 0.2) is 18.2 Å². The summed E-state index contributed by atoms with van der Waals surface area (Å²) in [6.07, 6.45) is 2.95. The highest BCUT2D eigenvalue weighted by molar-refractivity contribution is 5.89. The molecule has 0 aliphatic rings. The third-order valence-electron chi connectivity index (χ3n) is 2.80. The minimum absolute atomic E-state index is 0.139. The summed E-state index contributed by atoms with van der Waals surface area (Å²) in [4.78, 5) is 21.7. The number of para-hydroxylation sites is 1. The lowest BCUT2D eigenvalue weighted by Crippen LogP contribution is -2.30. The van der Waals surface area contributed by atoms with Crippen LogP contribution < -0.4 is 10.6 Å². The maximum Gasteiger partial charge on any atom is 0.319 e. The van der Waals surface area contributed by atoms with Crippen LogP contribution in [-0.4, -0.2) is 23.7 Å². The Balaban J connectivity index is 2.19. The summed E-state index contributed by atoms with van der Waals surface area (Å²) in [6, 6.07) is 2.65. The molecule has 3 N–H and O–H groups in total. The summed E-state index contributed by atoms with van der Waals surface area (Å²) in [5.74, 6) is -2.49. The van der Waals surface area contributed by atoms with Crippen molar-refractivity contribution < 1.29 is 23.5 Å². The molecule has 1 rings (SSSR count). The van der Waals surface area contributed by atoms with Crippen molar-refractivity contribution in [3.63, 3.8) is 0 Å². The number of hydrogen-bond donors (Lipinski definition) is 3. The molecule has 0 aliphatic carbocycles. The number of rotatable bonds is 8. The number of carbonyl (C=O) groups is 2. The number of carboxylic acids is 1. The number of unbranched alkanes of at least 4 members (excludes halogenated alkanes) is 3. The molecule has 0 aliphatic heterocycles. The molecule has 0 aromatic heterocycles. The molecular weight excluding hydrogens is 282 g/mol.